The number of nitrogens with one attached hydrogen (secondary N) is 1. The van der Waals surface area contributed by atoms with Crippen LogP contribution in [0.1, 0.15) is 11.1 Å². The van der Waals surface area contributed by atoms with Gasteiger partial charge in [0, 0.05) is 6.20 Å². The summed E-state index contributed by atoms with van der Waals surface area (Å²) in [5, 5.41) is 1.15. The fourth-order valence-electron chi connectivity index (χ4n) is 2.06. The van der Waals surface area contributed by atoms with Gasteiger partial charge in [-0.05, 0) is 18.2 Å². The van der Waals surface area contributed by atoms with E-state index in [9.17, 15) is 35.9 Å². The second-order valence-electron chi connectivity index (χ2n) is 5.10. The van der Waals surface area contributed by atoms with Gasteiger partial charge >= 0.3 is 12.4 Å². The number of alkyl halides is 6. The SMILES string of the molecule is O=C(Cn1cc(C(F)(F)F)cc(Cl)c1=O)Nc1ccccc1C(F)(F)F. The van der Waals surface area contributed by atoms with Crippen LogP contribution in [0.2, 0.25) is 5.02 Å². The van der Waals surface area contributed by atoms with Crippen molar-refractivity contribution < 1.29 is 31.1 Å². The molecule has 0 saturated carbocycles. The molecule has 0 unspecified atom stereocenters. The highest BCUT2D eigenvalue weighted by Gasteiger charge is 2.34. The van der Waals surface area contributed by atoms with Crippen LogP contribution in [0.25, 0.3) is 0 Å². The maximum absolute atomic E-state index is 12.9. The Morgan fingerprint density at radius 1 is 1.08 bits per heavy atom. The number of hydrogen-bond donors (Lipinski definition) is 1. The molecule has 11 heteroatoms. The first-order chi connectivity index (χ1) is 11.9. The van der Waals surface area contributed by atoms with Crippen molar-refractivity contribution in [3.63, 3.8) is 0 Å². The summed E-state index contributed by atoms with van der Waals surface area (Å²) in [5.41, 5.74) is -4.08. The summed E-state index contributed by atoms with van der Waals surface area (Å²) in [4.78, 5) is 23.7. The molecule has 0 radical (unpaired) electrons. The number of nitrogens with zero attached hydrogens (tertiary/aromatic N) is 1. The zero-order valence-corrected chi connectivity index (χ0v) is 13.3. The lowest BCUT2D eigenvalue weighted by Crippen LogP contribution is -2.29. The zero-order valence-electron chi connectivity index (χ0n) is 12.6. The van der Waals surface area contributed by atoms with E-state index in [1.807, 2.05) is 5.32 Å². The minimum Gasteiger partial charge on any atom is -0.324 e. The van der Waals surface area contributed by atoms with Crippen molar-refractivity contribution in [2.45, 2.75) is 18.9 Å². The molecule has 4 nitrogen and oxygen atoms in total. The van der Waals surface area contributed by atoms with Crippen molar-refractivity contribution >= 4 is 23.2 Å². The van der Waals surface area contributed by atoms with Gasteiger partial charge in [0.15, 0.2) is 0 Å². The molecule has 0 spiro atoms. The zero-order chi connectivity index (χ0) is 19.7. The number of benzene rings is 1. The van der Waals surface area contributed by atoms with Crippen molar-refractivity contribution in [2.75, 3.05) is 5.32 Å². The molecule has 1 aromatic heterocycles. The molecule has 2 aromatic rings. The highest BCUT2D eigenvalue weighted by atomic mass is 35.5. The van der Waals surface area contributed by atoms with Crippen LogP contribution in [0.15, 0.2) is 41.3 Å². The van der Waals surface area contributed by atoms with Gasteiger partial charge in [-0.2, -0.15) is 26.3 Å². The van der Waals surface area contributed by atoms with E-state index in [-0.39, 0.29) is 0 Å². The van der Waals surface area contributed by atoms with Crippen molar-refractivity contribution in [2.24, 2.45) is 0 Å². The predicted molar refractivity (Wildman–Crippen MR) is 80.8 cm³/mol. The third kappa shape index (κ3) is 4.57. The third-order valence-corrected chi connectivity index (χ3v) is 3.46. The molecule has 26 heavy (non-hydrogen) atoms. The molecule has 0 bridgehead atoms. The maximum Gasteiger partial charge on any atom is 0.418 e. The highest BCUT2D eigenvalue weighted by molar-refractivity contribution is 6.30. The quantitative estimate of drug-likeness (QED) is 0.789. The number of para-hydroxylation sites is 1. The lowest BCUT2D eigenvalue weighted by Gasteiger charge is -2.15. The fourth-order valence-corrected chi connectivity index (χ4v) is 2.28. The summed E-state index contributed by atoms with van der Waals surface area (Å²) < 4.78 is 77.3. The summed E-state index contributed by atoms with van der Waals surface area (Å²) in [6, 6.07) is 4.44. The number of carbonyl (C=O) groups is 1. The topological polar surface area (TPSA) is 51.1 Å². The van der Waals surface area contributed by atoms with Crippen LogP contribution in [0.5, 0.6) is 0 Å². The molecular weight excluding hydrogens is 390 g/mol. The van der Waals surface area contributed by atoms with E-state index in [0.29, 0.717) is 16.8 Å². The van der Waals surface area contributed by atoms with Gasteiger partial charge in [0.1, 0.15) is 11.6 Å². The minimum absolute atomic E-state index is 0.365. The molecule has 0 aliphatic rings. The first-order valence-electron chi connectivity index (χ1n) is 6.83. The Morgan fingerprint density at radius 3 is 2.27 bits per heavy atom. The summed E-state index contributed by atoms with van der Waals surface area (Å²) in [6.45, 7) is -0.950. The second kappa shape index (κ2) is 7.02. The van der Waals surface area contributed by atoms with Crippen LogP contribution >= 0.6 is 11.6 Å². The summed E-state index contributed by atoms with van der Waals surface area (Å²) in [7, 11) is 0. The lowest BCUT2D eigenvalue weighted by atomic mass is 10.1. The molecule has 0 aliphatic heterocycles. The number of hydrogen-bond acceptors (Lipinski definition) is 2. The first kappa shape index (κ1) is 19.8. The van der Waals surface area contributed by atoms with Crippen LogP contribution < -0.4 is 10.9 Å². The summed E-state index contributed by atoms with van der Waals surface area (Å²) >= 11 is 5.44. The molecule has 0 aliphatic carbocycles. The molecule has 0 fully saturated rings. The Hall–Kier alpha value is -2.49. The molecule has 2 rings (SSSR count). The Labute approximate surface area is 147 Å². The van der Waals surface area contributed by atoms with Gasteiger partial charge < -0.3 is 9.88 Å². The van der Waals surface area contributed by atoms with Crippen molar-refractivity contribution in [1.29, 1.82) is 0 Å². The van der Waals surface area contributed by atoms with E-state index >= 15 is 0 Å². The molecule has 0 atom stereocenters. The van der Waals surface area contributed by atoms with E-state index in [4.69, 9.17) is 11.6 Å². The van der Waals surface area contributed by atoms with Gasteiger partial charge in [-0.3, -0.25) is 9.59 Å². The largest absolute Gasteiger partial charge is 0.418 e. The van der Waals surface area contributed by atoms with Crippen molar-refractivity contribution in [1.82, 2.24) is 4.57 Å². The fraction of sp³-hybridized carbons (Fsp3) is 0.200. The van der Waals surface area contributed by atoms with Gasteiger partial charge in [-0.15, -0.1) is 0 Å². The van der Waals surface area contributed by atoms with E-state index in [0.717, 1.165) is 18.2 Å². The average Bonchev–Trinajstić information content (AvgIpc) is 2.50. The molecule has 1 amide bonds. The summed E-state index contributed by atoms with van der Waals surface area (Å²) in [6.07, 6.45) is -9.21. The predicted octanol–water partition coefficient (Wildman–Crippen LogP) is 4.18. The van der Waals surface area contributed by atoms with Gasteiger partial charge in [0.2, 0.25) is 5.91 Å². The number of rotatable bonds is 3. The third-order valence-electron chi connectivity index (χ3n) is 3.19. The van der Waals surface area contributed by atoms with E-state index in [1.165, 1.54) is 6.07 Å². The number of pyridine rings is 1. The lowest BCUT2D eigenvalue weighted by molar-refractivity contribution is -0.138. The van der Waals surface area contributed by atoms with Crippen LogP contribution in [-0.2, 0) is 23.7 Å². The first-order valence-corrected chi connectivity index (χ1v) is 7.20. The average molecular weight is 399 g/mol. The second-order valence-corrected chi connectivity index (χ2v) is 5.51. The molecule has 1 aromatic carbocycles. The summed E-state index contributed by atoms with van der Waals surface area (Å²) in [5.74, 6) is -1.13. The number of anilines is 1. The van der Waals surface area contributed by atoms with E-state index in [1.54, 1.807) is 0 Å². The van der Waals surface area contributed by atoms with Gasteiger partial charge in [0.25, 0.3) is 5.56 Å². The number of halogens is 7. The highest BCUT2D eigenvalue weighted by Crippen LogP contribution is 2.34. The van der Waals surface area contributed by atoms with Gasteiger partial charge in [0.05, 0.1) is 16.8 Å². The monoisotopic (exact) mass is 398 g/mol. The standard InChI is InChI=1S/C15H9ClF6N2O2/c16-10-5-8(14(17,18)19)6-24(13(10)26)7-12(25)23-11-4-2-1-3-9(11)15(20,21)22/h1-6H,7H2,(H,23,25). The number of aromatic nitrogens is 1. The van der Waals surface area contributed by atoms with E-state index < -0.39 is 52.2 Å². The van der Waals surface area contributed by atoms with Gasteiger partial charge in [-0.25, -0.2) is 0 Å². The van der Waals surface area contributed by atoms with Crippen LogP contribution in [0.4, 0.5) is 32.0 Å². The van der Waals surface area contributed by atoms with Crippen LogP contribution in [-0.4, -0.2) is 10.5 Å². The smallest absolute Gasteiger partial charge is 0.324 e. The molecule has 0 saturated heterocycles. The number of amides is 1. The van der Waals surface area contributed by atoms with Crippen LogP contribution in [0, 0.1) is 0 Å². The molecule has 1 N–H and O–H groups in total. The minimum atomic E-state index is -4.82. The molecule has 1 heterocycles. The Bertz CT molecular complexity index is 889. The molecule has 140 valence electrons. The Balaban J connectivity index is 2.30. The van der Waals surface area contributed by atoms with E-state index in [2.05, 4.69) is 0 Å². The number of carbonyl (C=O) groups excluding carboxylic acids is 1. The Kier molecular flexibility index (Phi) is 5.36. The molecular formula is C15H9ClF6N2O2. The normalized spacial score (nSPS) is 12.1. The van der Waals surface area contributed by atoms with Crippen LogP contribution in [0.3, 0.4) is 0 Å². The van der Waals surface area contributed by atoms with Crippen molar-refractivity contribution in [3.8, 4) is 0 Å². The Morgan fingerprint density at radius 2 is 1.69 bits per heavy atom. The van der Waals surface area contributed by atoms with Gasteiger partial charge in [-0.1, -0.05) is 23.7 Å². The van der Waals surface area contributed by atoms with Crippen molar-refractivity contribution in [3.05, 3.63) is 63.0 Å². The maximum atomic E-state index is 12.9.